The largest absolute Gasteiger partial charge is 0.351 e. The summed E-state index contributed by atoms with van der Waals surface area (Å²) < 4.78 is 0. The molecule has 2 fully saturated rings. The average Bonchev–Trinajstić information content (AvgIpc) is 2.92. The normalized spacial score (nSPS) is 28.0. The lowest BCUT2D eigenvalue weighted by molar-refractivity contribution is -0.124. The molecule has 1 heterocycles. The van der Waals surface area contributed by atoms with E-state index in [-0.39, 0.29) is 17.4 Å². The van der Waals surface area contributed by atoms with Crippen molar-refractivity contribution in [2.75, 3.05) is 13.1 Å². The van der Waals surface area contributed by atoms with Crippen LogP contribution in [-0.4, -0.2) is 24.5 Å². The summed E-state index contributed by atoms with van der Waals surface area (Å²) in [6, 6.07) is 10.5. The van der Waals surface area contributed by atoms with Crippen LogP contribution in [0.4, 0.5) is 0 Å². The van der Waals surface area contributed by atoms with Gasteiger partial charge in [0.1, 0.15) is 0 Å². The quantitative estimate of drug-likeness (QED) is 0.860. The van der Waals surface area contributed by atoms with E-state index in [9.17, 15) is 4.79 Å². The second-order valence-corrected chi connectivity index (χ2v) is 6.87. The minimum absolute atomic E-state index is 0.128. The van der Waals surface area contributed by atoms with Crippen molar-refractivity contribution in [3.63, 3.8) is 0 Å². The molecule has 1 aliphatic heterocycles. The van der Waals surface area contributed by atoms with Crippen molar-refractivity contribution in [2.24, 2.45) is 17.8 Å². The lowest BCUT2D eigenvalue weighted by atomic mass is 9.95. The molecule has 3 heteroatoms. The maximum Gasteiger partial charge on any atom is 0.224 e. The minimum Gasteiger partial charge on any atom is -0.351 e. The zero-order chi connectivity index (χ0) is 14.2. The topological polar surface area (TPSA) is 41.1 Å². The first-order valence-electron chi connectivity index (χ1n) is 7.63. The Morgan fingerprint density at radius 1 is 1.25 bits per heavy atom. The SMILES string of the molecule is CC(C)(CCc1ccccc1)NC(=O)C1C2CNCC21. The zero-order valence-electron chi connectivity index (χ0n) is 12.4. The van der Waals surface area contributed by atoms with Crippen molar-refractivity contribution in [1.29, 1.82) is 0 Å². The smallest absolute Gasteiger partial charge is 0.224 e. The number of hydrogen-bond donors (Lipinski definition) is 2. The number of hydrogen-bond acceptors (Lipinski definition) is 2. The van der Waals surface area contributed by atoms with Crippen LogP contribution in [0.2, 0.25) is 0 Å². The summed E-state index contributed by atoms with van der Waals surface area (Å²) in [5, 5.41) is 6.59. The number of carbonyl (C=O) groups is 1. The van der Waals surface area contributed by atoms with Crippen LogP contribution in [0.3, 0.4) is 0 Å². The molecule has 2 unspecified atom stereocenters. The third-order valence-corrected chi connectivity index (χ3v) is 4.74. The van der Waals surface area contributed by atoms with Crippen LogP contribution in [0.1, 0.15) is 25.8 Å². The number of fused-ring (bicyclic) bond motifs is 1. The summed E-state index contributed by atoms with van der Waals surface area (Å²) in [7, 11) is 0. The molecule has 1 aliphatic carbocycles. The molecule has 2 aliphatic rings. The molecule has 0 radical (unpaired) electrons. The molecule has 3 rings (SSSR count). The highest BCUT2D eigenvalue weighted by atomic mass is 16.2. The van der Waals surface area contributed by atoms with Crippen LogP contribution in [0.15, 0.2) is 30.3 Å². The number of benzene rings is 1. The monoisotopic (exact) mass is 272 g/mol. The van der Waals surface area contributed by atoms with Crippen molar-refractivity contribution < 1.29 is 4.79 Å². The fraction of sp³-hybridized carbons (Fsp3) is 0.588. The van der Waals surface area contributed by atoms with Gasteiger partial charge in [-0.05, 0) is 57.2 Å². The van der Waals surface area contributed by atoms with E-state index in [1.54, 1.807) is 0 Å². The summed E-state index contributed by atoms with van der Waals surface area (Å²) in [6.07, 6.45) is 1.98. The van der Waals surface area contributed by atoms with E-state index in [0.29, 0.717) is 11.8 Å². The Hall–Kier alpha value is -1.35. The summed E-state index contributed by atoms with van der Waals surface area (Å²) in [6.45, 7) is 6.30. The first-order valence-corrected chi connectivity index (χ1v) is 7.63. The average molecular weight is 272 g/mol. The van der Waals surface area contributed by atoms with Gasteiger partial charge < -0.3 is 10.6 Å². The highest BCUT2D eigenvalue weighted by molar-refractivity contribution is 5.83. The maximum atomic E-state index is 12.3. The van der Waals surface area contributed by atoms with Crippen molar-refractivity contribution in [2.45, 2.75) is 32.2 Å². The van der Waals surface area contributed by atoms with E-state index < -0.39 is 0 Å². The van der Waals surface area contributed by atoms with Crippen LogP contribution < -0.4 is 10.6 Å². The third-order valence-electron chi connectivity index (χ3n) is 4.74. The number of piperidine rings is 1. The summed E-state index contributed by atoms with van der Waals surface area (Å²) in [5.41, 5.74) is 1.21. The summed E-state index contributed by atoms with van der Waals surface area (Å²) in [5.74, 6) is 1.73. The molecule has 1 saturated heterocycles. The predicted molar refractivity (Wildman–Crippen MR) is 80.3 cm³/mol. The molecule has 0 aromatic heterocycles. The second kappa shape index (κ2) is 5.21. The Labute approximate surface area is 121 Å². The Bertz CT molecular complexity index is 473. The molecule has 20 heavy (non-hydrogen) atoms. The van der Waals surface area contributed by atoms with Crippen molar-refractivity contribution in [3.05, 3.63) is 35.9 Å². The highest BCUT2D eigenvalue weighted by Gasteiger charge is 2.57. The van der Waals surface area contributed by atoms with Gasteiger partial charge in [0.25, 0.3) is 0 Å². The van der Waals surface area contributed by atoms with E-state index in [4.69, 9.17) is 0 Å². The molecule has 0 bridgehead atoms. The molecule has 1 aromatic carbocycles. The van der Waals surface area contributed by atoms with E-state index >= 15 is 0 Å². The van der Waals surface area contributed by atoms with Crippen LogP contribution in [0.25, 0.3) is 0 Å². The maximum absolute atomic E-state index is 12.3. The van der Waals surface area contributed by atoms with Crippen LogP contribution in [0.5, 0.6) is 0 Å². The number of rotatable bonds is 5. The molecule has 0 spiro atoms. The molecular weight excluding hydrogens is 248 g/mol. The van der Waals surface area contributed by atoms with Gasteiger partial charge in [-0.3, -0.25) is 4.79 Å². The standard InChI is InChI=1S/C17H24N2O/c1-17(2,9-8-12-6-4-3-5-7-12)19-16(20)15-13-10-18-11-14(13)15/h3-7,13-15,18H,8-11H2,1-2H3,(H,19,20). The minimum atomic E-state index is -0.128. The molecule has 2 atom stereocenters. The molecule has 2 N–H and O–H groups in total. The molecule has 1 saturated carbocycles. The lowest BCUT2D eigenvalue weighted by Crippen LogP contribution is -2.45. The van der Waals surface area contributed by atoms with Gasteiger partial charge in [0.2, 0.25) is 5.91 Å². The number of amides is 1. The third kappa shape index (κ3) is 2.88. The van der Waals surface area contributed by atoms with Gasteiger partial charge in [-0.15, -0.1) is 0 Å². The van der Waals surface area contributed by atoms with Crippen molar-refractivity contribution >= 4 is 5.91 Å². The zero-order valence-corrected chi connectivity index (χ0v) is 12.4. The predicted octanol–water partition coefficient (Wildman–Crippen LogP) is 1.98. The molecular formula is C17H24N2O. The fourth-order valence-electron chi connectivity index (χ4n) is 3.39. The van der Waals surface area contributed by atoms with E-state index in [2.05, 4.69) is 48.7 Å². The van der Waals surface area contributed by atoms with E-state index in [1.165, 1.54) is 5.56 Å². The summed E-state index contributed by atoms with van der Waals surface area (Å²) >= 11 is 0. The van der Waals surface area contributed by atoms with Crippen molar-refractivity contribution in [3.8, 4) is 0 Å². The fourth-order valence-corrected chi connectivity index (χ4v) is 3.39. The molecule has 1 aromatic rings. The van der Waals surface area contributed by atoms with Gasteiger partial charge in [0.05, 0.1) is 0 Å². The lowest BCUT2D eigenvalue weighted by Gasteiger charge is -2.27. The van der Waals surface area contributed by atoms with Crippen molar-refractivity contribution in [1.82, 2.24) is 10.6 Å². The van der Waals surface area contributed by atoms with Gasteiger partial charge in [-0.1, -0.05) is 30.3 Å². The van der Waals surface area contributed by atoms with Crippen LogP contribution >= 0.6 is 0 Å². The van der Waals surface area contributed by atoms with Crippen LogP contribution in [0, 0.1) is 17.8 Å². The molecule has 1 amide bonds. The first kappa shape index (κ1) is 13.6. The first-order chi connectivity index (χ1) is 9.57. The van der Waals surface area contributed by atoms with Gasteiger partial charge in [0.15, 0.2) is 0 Å². The van der Waals surface area contributed by atoms with Gasteiger partial charge in [-0.25, -0.2) is 0 Å². The van der Waals surface area contributed by atoms with E-state index in [0.717, 1.165) is 25.9 Å². The Balaban J connectivity index is 1.49. The van der Waals surface area contributed by atoms with Gasteiger partial charge >= 0.3 is 0 Å². The Kier molecular flexibility index (Phi) is 3.55. The summed E-state index contributed by atoms with van der Waals surface area (Å²) in [4.78, 5) is 12.3. The Morgan fingerprint density at radius 2 is 1.90 bits per heavy atom. The van der Waals surface area contributed by atoms with E-state index in [1.807, 2.05) is 6.07 Å². The molecule has 108 valence electrons. The van der Waals surface area contributed by atoms with Gasteiger partial charge in [0, 0.05) is 11.5 Å². The second-order valence-electron chi connectivity index (χ2n) is 6.87. The number of carbonyl (C=O) groups excluding carboxylic acids is 1. The number of nitrogens with one attached hydrogen (secondary N) is 2. The molecule has 3 nitrogen and oxygen atoms in total. The Morgan fingerprint density at radius 3 is 2.55 bits per heavy atom. The highest BCUT2D eigenvalue weighted by Crippen LogP contribution is 2.48. The van der Waals surface area contributed by atoms with Gasteiger partial charge in [-0.2, -0.15) is 0 Å². The van der Waals surface area contributed by atoms with Crippen LogP contribution in [-0.2, 0) is 11.2 Å². The number of aryl methyl sites for hydroxylation is 1.